The van der Waals surface area contributed by atoms with Crippen molar-refractivity contribution in [2.24, 2.45) is 11.8 Å². The molecule has 2 unspecified atom stereocenters. The SMILES string of the molecule is COc1ccc(CCC2CC(=O)C(C3CCCC3)C(=O)O2)c(OC)c1. The molecule has 2 fully saturated rings. The first-order valence-electron chi connectivity index (χ1n) is 9.06. The summed E-state index contributed by atoms with van der Waals surface area (Å²) in [6.07, 6.45) is 5.49. The third-order valence-electron chi connectivity index (χ3n) is 5.41. The van der Waals surface area contributed by atoms with Crippen molar-refractivity contribution in [3.63, 3.8) is 0 Å². The van der Waals surface area contributed by atoms with E-state index in [4.69, 9.17) is 14.2 Å². The van der Waals surface area contributed by atoms with Crippen molar-refractivity contribution in [2.45, 2.75) is 51.0 Å². The van der Waals surface area contributed by atoms with E-state index >= 15 is 0 Å². The summed E-state index contributed by atoms with van der Waals surface area (Å²) >= 11 is 0. The van der Waals surface area contributed by atoms with Gasteiger partial charge in [0.1, 0.15) is 23.5 Å². The molecule has 1 aliphatic carbocycles. The van der Waals surface area contributed by atoms with Crippen LogP contribution in [0.1, 0.15) is 44.1 Å². The van der Waals surface area contributed by atoms with Gasteiger partial charge in [-0.3, -0.25) is 9.59 Å². The number of carbonyl (C=O) groups excluding carboxylic acids is 2. The van der Waals surface area contributed by atoms with E-state index < -0.39 is 5.92 Å². The maximum Gasteiger partial charge on any atom is 0.317 e. The van der Waals surface area contributed by atoms with Crippen LogP contribution in [0.3, 0.4) is 0 Å². The maximum absolute atomic E-state index is 12.5. The lowest BCUT2D eigenvalue weighted by molar-refractivity contribution is -0.167. The average molecular weight is 346 g/mol. The molecule has 0 bridgehead atoms. The van der Waals surface area contributed by atoms with Crippen LogP contribution in [0.15, 0.2) is 18.2 Å². The lowest BCUT2D eigenvalue weighted by Gasteiger charge is -2.30. The Morgan fingerprint density at radius 1 is 1.12 bits per heavy atom. The normalized spacial score (nSPS) is 24.2. The van der Waals surface area contributed by atoms with Crippen LogP contribution in [0.5, 0.6) is 11.5 Å². The van der Waals surface area contributed by atoms with Crippen molar-refractivity contribution >= 4 is 11.8 Å². The van der Waals surface area contributed by atoms with E-state index in [9.17, 15) is 9.59 Å². The fourth-order valence-electron chi connectivity index (χ4n) is 4.04. The van der Waals surface area contributed by atoms with Crippen LogP contribution in [0.25, 0.3) is 0 Å². The summed E-state index contributed by atoms with van der Waals surface area (Å²) in [6.45, 7) is 0. The molecule has 5 nitrogen and oxygen atoms in total. The van der Waals surface area contributed by atoms with E-state index in [-0.39, 0.29) is 23.8 Å². The van der Waals surface area contributed by atoms with Crippen molar-refractivity contribution < 1.29 is 23.8 Å². The monoisotopic (exact) mass is 346 g/mol. The number of benzene rings is 1. The number of aryl methyl sites for hydroxylation is 1. The van der Waals surface area contributed by atoms with Gasteiger partial charge in [-0.15, -0.1) is 0 Å². The summed E-state index contributed by atoms with van der Waals surface area (Å²) in [6, 6.07) is 5.67. The van der Waals surface area contributed by atoms with Crippen molar-refractivity contribution in [2.75, 3.05) is 14.2 Å². The van der Waals surface area contributed by atoms with Gasteiger partial charge < -0.3 is 14.2 Å². The van der Waals surface area contributed by atoms with E-state index in [1.54, 1.807) is 14.2 Å². The molecular weight excluding hydrogens is 320 g/mol. The number of methoxy groups -OCH3 is 2. The van der Waals surface area contributed by atoms with E-state index in [0.29, 0.717) is 19.3 Å². The zero-order valence-corrected chi connectivity index (χ0v) is 15.0. The molecule has 1 saturated carbocycles. The van der Waals surface area contributed by atoms with Crippen molar-refractivity contribution in [1.29, 1.82) is 0 Å². The summed E-state index contributed by atoms with van der Waals surface area (Å²) in [5.74, 6) is 0.914. The maximum atomic E-state index is 12.5. The quantitative estimate of drug-likeness (QED) is 0.584. The lowest BCUT2D eigenvalue weighted by Crippen LogP contribution is -2.41. The fraction of sp³-hybridized carbons (Fsp3) is 0.600. The summed E-state index contributed by atoms with van der Waals surface area (Å²) in [5, 5.41) is 0. The van der Waals surface area contributed by atoms with Crippen molar-refractivity contribution in [3.05, 3.63) is 23.8 Å². The van der Waals surface area contributed by atoms with Crippen LogP contribution in [-0.2, 0) is 20.7 Å². The molecule has 1 aromatic carbocycles. The van der Waals surface area contributed by atoms with Gasteiger partial charge in [0.25, 0.3) is 0 Å². The zero-order chi connectivity index (χ0) is 17.8. The van der Waals surface area contributed by atoms with Crippen LogP contribution in [0, 0.1) is 11.8 Å². The van der Waals surface area contributed by atoms with Crippen molar-refractivity contribution in [1.82, 2.24) is 0 Å². The predicted octanol–water partition coefficient (Wildman–Crippen LogP) is 3.33. The van der Waals surface area contributed by atoms with Crippen LogP contribution >= 0.6 is 0 Å². The average Bonchev–Trinajstić information content (AvgIpc) is 3.13. The number of rotatable bonds is 6. The molecule has 3 rings (SSSR count). The minimum atomic E-state index is -0.519. The number of hydrogen-bond donors (Lipinski definition) is 0. The minimum Gasteiger partial charge on any atom is -0.497 e. The summed E-state index contributed by atoms with van der Waals surface area (Å²) < 4.78 is 16.2. The molecule has 0 N–H and O–H groups in total. The number of ether oxygens (including phenoxy) is 3. The smallest absolute Gasteiger partial charge is 0.317 e. The number of cyclic esters (lactones) is 1. The number of hydrogen-bond acceptors (Lipinski definition) is 5. The molecule has 5 heteroatoms. The molecule has 0 spiro atoms. The molecule has 2 atom stereocenters. The van der Waals surface area contributed by atoms with E-state index in [1.807, 2.05) is 18.2 Å². The molecule has 25 heavy (non-hydrogen) atoms. The lowest BCUT2D eigenvalue weighted by atomic mass is 9.83. The van der Waals surface area contributed by atoms with Gasteiger partial charge in [-0.1, -0.05) is 18.9 Å². The highest BCUT2D eigenvalue weighted by atomic mass is 16.5. The summed E-state index contributed by atoms with van der Waals surface area (Å²) in [7, 11) is 3.23. The minimum absolute atomic E-state index is 0.0647. The Labute approximate surface area is 148 Å². The second kappa shape index (κ2) is 7.89. The fourth-order valence-corrected chi connectivity index (χ4v) is 4.04. The number of Topliss-reactive ketones (excluding diaryl/α,β-unsaturated/α-hetero) is 1. The first-order valence-corrected chi connectivity index (χ1v) is 9.06. The molecule has 136 valence electrons. The Hall–Kier alpha value is -2.04. The Bertz CT molecular complexity index is 615. The number of carbonyl (C=O) groups is 2. The third kappa shape index (κ3) is 3.97. The Morgan fingerprint density at radius 3 is 2.52 bits per heavy atom. The summed E-state index contributed by atoms with van der Waals surface area (Å²) in [4.78, 5) is 24.8. The molecule has 1 heterocycles. The van der Waals surface area contributed by atoms with Crippen LogP contribution in [0.4, 0.5) is 0 Å². The number of esters is 1. The van der Waals surface area contributed by atoms with Crippen LogP contribution < -0.4 is 9.47 Å². The first-order chi connectivity index (χ1) is 12.1. The molecule has 1 aliphatic heterocycles. The zero-order valence-electron chi connectivity index (χ0n) is 15.0. The van der Waals surface area contributed by atoms with Crippen LogP contribution in [0.2, 0.25) is 0 Å². The van der Waals surface area contributed by atoms with Gasteiger partial charge in [0.2, 0.25) is 0 Å². The molecule has 1 aromatic rings. The van der Waals surface area contributed by atoms with E-state index in [0.717, 1.165) is 42.7 Å². The molecule has 0 amide bonds. The topological polar surface area (TPSA) is 61.8 Å². The molecule has 0 radical (unpaired) electrons. The second-order valence-electron chi connectivity index (χ2n) is 6.97. The number of ketones is 1. The molecule has 2 aliphatic rings. The van der Waals surface area contributed by atoms with Gasteiger partial charge in [0.15, 0.2) is 5.78 Å². The second-order valence-corrected chi connectivity index (χ2v) is 6.97. The Kier molecular flexibility index (Phi) is 5.61. The molecule has 1 saturated heterocycles. The highest BCUT2D eigenvalue weighted by molar-refractivity contribution is 6.01. The largest absolute Gasteiger partial charge is 0.497 e. The molecule has 0 aromatic heterocycles. The Morgan fingerprint density at radius 2 is 1.88 bits per heavy atom. The highest BCUT2D eigenvalue weighted by Crippen LogP contribution is 2.36. The summed E-state index contributed by atoms with van der Waals surface area (Å²) in [5.41, 5.74) is 1.02. The standard InChI is InChI=1S/C20H26O5/c1-23-15-9-7-13(18(12-15)24-2)8-10-16-11-17(21)19(20(22)25-16)14-5-3-4-6-14/h7,9,12,14,16,19H,3-6,8,10-11H2,1-2H3. The first kappa shape index (κ1) is 17.8. The predicted molar refractivity (Wildman–Crippen MR) is 92.8 cm³/mol. The Balaban J connectivity index is 1.59. The molecular formula is C20H26O5. The third-order valence-corrected chi connectivity index (χ3v) is 5.41. The van der Waals surface area contributed by atoms with Gasteiger partial charge in [-0.2, -0.15) is 0 Å². The van der Waals surface area contributed by atoms with Gasteiger partial charge in [-0.05, 0) is 43.2 Å². The van der Waals surface area contributed by atoms with E-state index in [1.165, 1.54) is 0 Å². The van der Waals surface area contributed by atoms with Gasteiger partial charge in [0, 0.05) is 12.5 Å². The highest BCUT2D eigenvalue weighted by Gasteiger charge is 2.42. The van der Waals surface area contributed by atoms with Gasteiger partial charge in [0.05, 0.1) is 14.2 Å². The van der Waals surface area contributed by atoms with Gasteiger partial charge in [-0.25, -0.2) is 0 Å². The van der Waals surface area contributed by atoms with E-state index in [2.05, 4.69) is 0 Å². The van der Waals surface area contributed by atoms with Crippen LogP contribution in [-0.4, -0.2) is 32.1 Å². The van der Waals surface area contributed by atoms with Gasteiger partial charge >= 0.3 is 5.97 Å². The van der Waals surface area contributed by atoms with Crippen molar-refractivity contribution in [3.8, 4) is 11.5 Å².